The second-order valence-corrected chi connectivity index (χ2v) is 12.0. The number of pyridine rings is 1. The summed E-state index contributed by atoms with van der Waals surface area (Å²) in [7, 11) is 4.17. The maximum atomic E-state index is 13.0. The first-order chi connectivity index (χ1) is 22.4. The Morgan fingerprint density at radius 2 is 1.67 bits per heavy atom. The lowest BCUT2D eigenvalue weighted by molar-refractivity contribution is 0.0663. The molecule has 3 aromatic rings. The Kier molecular flexibility index (Phi) is 10.2. The second kappa shape index (κ2) is 14.8. The molecule has 244 valence electrons. The minimum Gasteiger partial charge on any atom is -0.380 e. The highest BCUT2D eigenvalue weighted by atomic mass is 16.5. The molecule has 0 radical (unpaired) electrons. The van der Waals surface area contributed by atoms with Gasteiger partial charge in [-0.25, -0.2) is 19.7 Å². The van der Waals surface area contributed by atoms with Gasteiger partial charge in [-0.2, -0.15) is 0 Å². The van der Waals surface area contributed by atoms with Crippen molar-refractivity contribution in [1.29, 1.82) is 0 Å². The van der Waals surface area contributed by atoms with Crippen LogP contribution in [0.4, 0.5) is 27.9 Å². The number of piperidine rings is 1. The Morgan fingerprint density at radius 3 is 2.39 bits per heavy atom. The van der Waals surface area contributed by atoms with Crippen LogP contribution in [0.2, 0.25) is 0 Å². The summed E-state index contributed by atoms with van der Waals surface area (Å²) in [6.45, 7) is 6.34. The third-order valence-corrected chi connectivity index (χ3v) is 8.69. The molecule has 3 aliphatic heterocycles. The number of fused-ring (bicyclic) bond motifs is 1. The van der Waals surface area contributed by atoms with Crippen molar-refractivity contribution < 1.29 is 19.1 Å². The number of anilines is 4. The molecule has 0 spiro atoms. The molecule has 6 rings (SSSR count). The summed E-state index contributed by atoms with van der Waals surface area (Å²) < 4.78 is 11.3. The van der Waals surface area contributed by atoms with Crippen molar-refractivity contribution in [2.75, 3.05) is 94.1 Å². The number of carbonyl (C=O) groups is 2. The standard InChI is InChI=1S/C33H43N9O4/c1-40(2)26-11-14-42(15-12-26)32(43)23-5-8-25(9-6-23)36-33(44)37-28-10-7-24(22-35-28)29-38-30-27(4-3-18-45-19-13-34-30)31(39-29)41-16-20-46-21-17-41/h5-10,22,26H,3-4,11-21H2,1-2H3,(H,34,38,39)(H2,35,36,37,44). The van der Waals surface area contributed by atoms with Gasteiger partial charge in [0.15, 0.2) is 5.82 Å². The predicted molar refractivity (Wildman–Crippen MR) is 178 cm³/mol. The normalized spacial score (nSPS) is 17.7. The number of benzene rings is 1. The van der Waals surface area contributed by atoms with Crippen molar-refractivity contribution >= 4 is 35.1 Å². The Hall–Kier alpha value is -4.33. The van der Waals surface area contributed by atoms with Crippen molar-refractivity contribution in [3.63, 3.8) is 0 Å². The molecule has 0 unspecified atom stereocenters. The average Bonchev–Trinajstić information content (AvgIpc) is 3.21. The van der Waals surface area contributed by atoms with Gasteiger partial charge in [-0.05, 0) is 76.2 Å². The van der Waals surface area contributed by atoms with Crippen LogP contribution in [0.15, 0.2) is 42.6 Å². The van der Waals surface area contributed by atoms with Crippen LogP contribution in [-0.2, 0) is 15.9 Å². The summed E-state index contributed by atoms with van der Waals surface area (Å²) >= 11 is 0. The van der Waals surface area contributed by atoms with E-state index in [0.717, 1.165) is 74.6 Å². The zero-order valence-corrected chi connectivity index (χ0v) is 26.6. The quantitative estimate of drug-likeness (QED) is 0.371. The van der Waals surface area contributed by atoms with Crippen molar-refractivity contribution in [2.24, 2.45) is 0 Å². The monoisotopic (exact) mass is 629 g/mol. The summed E-state index contributed by atoms with van der Waals surface area (Å²) in [4.78, 5) is 46.5. The summed E-state index contributed by atoms with van der Waals surface area (Å²) in [5.41, 5.74) is 3.03. The van der Waals surface area contributed by atoms with Crippen molar-refractivity contribution in [2.45, 2.75) is 31.7 Å². The third-order valence-electron chi connectivity index (χ3n) is 8.69. The fourth-order valence-corrected chi connectivity index (χ4v) is 6.05. The van der Waals surface area contributed by atoms with Gasteiger partial charge in [-0.15, -0.1) is 0 Å². The van der Waals surface area contributed by atoms with Crippen LogP contribution >= 0.6 is 0 Å². The molecule has 3 amide bonds. The smallest absolute Gasteiger partial charge is 0.324 e. The number of hydrogen-bond acceptors (Lipinski definition) is 10. The van der Waals surface area contributed by atoms with E-state index < -0.39 is 6.03 Å². The van der Waals surface area contributed by atoms with E-state index in [9.17, 15) is 9.59 Å². The zero-order chi connectivity index (χ0) is 31.9. The van der Waals surface area contributed by atoms with E-state index in [1.54, 1.807) is 36.5 Å². The number of amides is 3. The number of urea groups is 1. The summed E-state index contributed by atoms with van der Waals surface area (Å²) in [5, 5.41) is 9.04. The molecular weight excluding hydrogens is 586 g/mol. The van der Waals surface area contributed by atoms with Crippen LogP contribution in [0, 0.1) is 0 Å². The molecule has 3 aliphatic rings. The van der Waals surface area contributed by atoms with Gasteiger partial charge in [0.25, 0.3) is 5.91 Å². The van der Waals surface area contributed by atoms with E-state index in [0.29, 0.717) is 61.9 Å². The number of rotatable bonds is 6. The number of morpholine rings is 1. The first-order valence-corrected chi connectivity index (χ1v) is 16.1. The largest absolute Gasteiger partial charge is 0.380 e. The Bertz CT molecular complexity index is 1490. The van der Waals surface area contributed by atoms with E-state index in [4.69, 9.17) is 19.4 Å². The SMILES string of the molecule is CN(C)C1CCN(C(=O)c2ccc(NC(=O)Nc3ccc(-c4nc5c(c(N6CCOCC6)n4)CCCOCCN5)cn3)cc2)CC1. The molecule has 46 heavy (non-hydrogen) atoms. The average molecular weight is 630 g/mol. The fraction of sp³-hybridized carbons (Fsp3) is 0.485. The van der Waals surface area contributed by atoms with Gasteiger partial charge in [0.1, 0.15) is 17.5 Å². The van der Waals surface area contributed by atoms with Crippen LogP contribution in [0.5, 0.6) is 0 Å². The van der Waals surface area contributed by atoms with Gasteiger partial charge >= 0.3 is 6.03 Å². The van der Waals surface area contributed by atoms with Crippen molar-refractivity contribution in [3.8, 4) is 11.4 Å². The molecule has 1 aromatic carbocycles. The van der Waals surface area contributed by atoms with E-state index in [2.05, 4.69) is 44.8 Å². The van der Waals surface area contributed by atoms with Gasteiger partial charge in [0.05, 0.1) is 19.8 Å². The number of ether oxygens (including phenoxy) is 2. The van der Waals surface area contributed by atoms with Gasteiger partial charge in [0, 0.05) is 73.9 Å². The minimum atomic E-state index is -0.431. The zero-order valence-electron chi connectivity index (χ0n) is 26.6. The topological polar surface area (TPSA) is 137 Å². The maximum absolute atomic E-state index is 13.0. The molecular formula is C33H43N9O4. The molecule has 0 saturated carbocycles. The van der Waals surface area contributed by atoms with Crippen LogP contribution in [0.25, 0.3) is 11.4 Å². The van der Waals surface area contributed by atoms with Gasteiger partial charge in [0.2, 0.25) is 0 Å². The molecule has 0 aliphatic carbocycles. The highest BCUT2D eigenvalue weighted by Crippen LogP contribution is 2.31. The van der Waals surface area contributed by atoms with Gasteiger partial charge in [-0.1, -0.05) is 0 Å². The highest BCUT2D eigenvalue weighted by molar-refractivity contribution is 6.00. The lowest BCUT2D eigenvalue weighted by Crippen LogP contribution is -2.44. The summed E-state index contributed by atoms with van der Waals surface area (Å²) in [6.07, 6.45) is 5.32. The molecule has 3 N–H and O–H groups in total. The number of likely N-dealkylation sites (tertiary alicyclic amines) is 1. The van der Waals surface area contributed by atoms with Crippen LogP contribution in [-0.4, -0.2) is 116 Å². The number of hydrogen-bond donors (Lipinski definition) is 3. The lowest BCUT2D eigenvalue weighted by Gasteiger charge is -2.35. The maximum Gasteiger partial charge on any atom is 0.324 e. The Morgan fingerprint density at radius 1 is 0.913 bits per heavy atom. The Balaban J connectivity index is 1.09. The molecule has 13 nitrogen and oxygen atoms in total. The van der Waals surface area contributed by atoms with Crippen LogP contribution < -0.4 is 20.9 Å². The van der Waals surface area contributed by atoms with Crippen molar-refractivity contribution in [3.05, 3.63) is 53.7 Å². The van der Waals surface area contributed by atoms with E-state index in [1.807, 2.05) is 11.0 Å². The third kappa shape index (κ3) is 7.72. The number of nitrogens with zero attached hydrogens (tertiary/aromatic N) is 6. The molecule has 2 fully saturated rings. The van der Waals surface area contributed by atoms with E-state index in [1.165, 1.54) is 0 Å². The van der Waals surface area contributed by atoms with Gasteiger partial charge < -0.3 is 34.8 Å². The molecule has 2 aromatic heterocycles. The second-order valence-electron chi connectivity index (χ2n) is 12.0. The summed E-state index contributed by atoms with van der Waals surface area (Å²) in [6, 6.07) is 10.6. The number of nitrogens with one attached hydrogen (secondary N) is 3. The highest BCUT2D eigenvalue weighted by Gasteiger charge is 2.25. The predicted octanol–water partition coefficient (Wildman–Crippen LogP) is 3.56. The molecule has 0 bridgehead atoms. The molecule has 5 heterocycles. The van der Waals surface area contributed by atoms with Crippen LogP contribution in [0.1, 0.15) is 35.2 Å². The van der Waals surface area contributed by atoms with Crippen LogP contribution in [0.3, 0.4) is 0 Å². The fourth-order valence-electron chi connectivity index (χ4n) is 6.05. The minimum absolute atomic E-state index is 0.0174. The van der Waals surface area contributed by atoms with E-state index in [-0.39, 0.29) is 5.91 Å². The molecule has 2 saturated heterocycles. The molecule has 13 heteroatoms. The lowest BCUT2D eigenvalue weighted by atomic mass is 10.0. The molecule has 0 atom stereocenters. The van der Waals surface area contributed by atoms with Gasteiger partial charge in [-0.3, -0.25) is 10.1 Å². The van der Waals surface area contributed by atoms with Crippen molar-refractivity contribution in [1.82, 2.24) is 24.8 Å². The number of carbonyl (C=O) groups excluding carboxylic acids is 2. The Labute approximate surface area is 269 Å². The first kappa shape index (κ1) is 31.6. The summed E-state index contributed by atoms with van der Waals surface area (Å²) in [5.74, 6) is 2.71. The number of aromatic nitrogens is 3. The first-order valence-electron chi connectivity index (χ1n) is 16.1. The van der Waals surface area contributed by atoms with E-state index >= 15 is 0 Å².